The molecule has 3 rings (SSSR count). The smallest absolute Gasteiger partial charge is 0.206 e. The molecule has 1 aromatic carbocycles. The van der Waals surface area contributed by atoms with Crippen molar-refractivity contribution in [1.29, 1.82) is 0 Å². The number of aromatic nitrogens is 2. The second-order valence-corrected chi connectivity index (χ2v) is 5.44. The van der Waals surface area contributed by atoms with E-state index in [4.69, 9.17) is 10.5 Å². The summed E-state index contributed by atoms with van der Waals surface area (Å²) >= 11 is 1.62. The number of imidazole rings is 1. The molecule has 2 heterocycles. The number of aryl methyl sites for hydroxylation is 2. The third-order valence-corrected chi connectivity index (χ3v) is 4.25. The molecule has 3 aromatic rings. The van der Waals surface area contributed by atoms with Crippen molar-refractivity contribution in [2.24, 2.45) is 0 Å². The van der Waals surface area contributed by atoms with Crippen molar-refractivity contribution in [1.82, 2.24) is 9.38 Å². The number of nitrogens with zero attached hydrogens (tertiary/aromatic N) is 2. The summed E-state index contributed by atoms with van der Waals surface area (Å²) in [7, 11) is 1.69. The summed E-state index contributed by atoms with van der Waals surface area (Å²) in [5, 5.41) is 2.08. The molecule has 0 aliphatic carbocycles. The van der Waals surface area contributed by atoms with Crippen LogP contribution in [0.5, 0.6) is 5.75 Å². The Labute approximate surface area is 115 Å². The minimum Gasteiger partial charge on any atom is -0.496 e. The van der Waals surface area contributed by atoms with Gasteiger partial charge in [-0.3, -0.25) is 4.40 Å². The molecular formula is C14H15N3OS. The quantitative estimate of drug-likeness (QED) is 0.779. The summed E-state index contributed by atoms with van der Waals surface area (Å²) in [6, 6.07) is 4.19. The number of nitrogen functional groups attached to an aromatic ring is 1. The fourth-order valence-corrected chi connectivity index (χ4v) is 3.06. The van der Waals surface area contributed by atoms with Gasteiger partial charge in [0.15, 0.2) is 0 Å². The zero-order chi connectivity index (χ0) is 13.6. The fraction of sp³-hybridized carbons (Fsp3) is 0.214. The summed E-state index contributed by atoms with van der Waals surface area (Å²) in [5.74, 6) is 1.36. The summed E-state index contributed by atoms with van der Waals surface area (Å²) in [4.78, 5) is 5.18. The van der Waals surface area contributed by atoms with E-state index in [0.29, 0.717) is 5.95 Å². The van der Waals surface area contributed by atoms with E-state index in [2.05, 4.69) is 36.3 Å². The average molecular weight is 273 g/mol. The minimum absolute atomic E-state index is 0.506. The number of anilines is 1. The Morgan fingerprint density at radius 1 is 1.26 bits per heavy atom. The molecule has 2 N–H and O–H groups in total. The zero-order valence-electron chi connectivity index (χ0n) is 11.1. The number of benzene rings is 1. The lowest BCUT2D eigenvalue weighted by molar-refractivity contribution is 0.416. The first-order chi connectivity index (χ1) is 9.11. The van der Waals surface area contributed by atoms with E-state index in [-0.39, 0.29) is 0 Å². The number of fused-ring (bicyclic) bond motifs is 1. The summed E-state index contributed by atoms with van der Waals surface area (Å²) in [6.45, 7) is 4.18. The maximum Gasteiger partial charge on any atom is 0.206 e. The number of methoxy groups -OCH3 is 1. The summed E-state index contributed by atoms with van der Waals surface area (Å²) in [6.07, 6.45) is 1.79. The van der Waals surface area contributed by atoms with E-state index in [9.17, 15) is 0 Å². The predicted molar refractivity (Wildman–Crippen MR) is 78.9 cm³/mol. The SMILES string of the molecule is COc1cc(C)c(C)cc1-c1csc2cnc(N)n12. The van der Waals surface area contributed by atoms with Gasteiger partial charge in [-0.2, -0.15) is 0 Å². The molecule has 0 spiro atoms. The van der Waals surface area contributed by atoms with Crippen LogP contribution in [0.1, 0.15) is 11.1 Å². The Morgan fingerprint density at radius 2 is 2.00 bits per heavy atom. The molecule has 98 valence electrons. The molecule has 0 amide bonds. The maximum atomic E-state index is 5.94. The van der Waals surface area contributed by atoms with Crippen LogP contribution >= 0.6 is 11.3 Å². The maximum absolute atomic E-state index is 5.94. The van der Waals surface area contributed by atoms with Crippen molar-refractivity contribution in [3.8, 4) is 17.0 Å². The van der Waals surface area contributed by atoms with Gasteiger partial charge in [0.1, 0.15) is 10.6 Å². The number of hydrogen-bond donors (Lipinski definition) is 1. The Morgan fingerprint density at radius 3 is 2.74 bits per heavy atom. The van der Waals surface area contributed by atoms with E-state index < -0.39 is 0 Å². The monoisotopic (exact) mass is 273 g/mol. The van der Waals surface area contributed by atoms with Gasteiger partial charge in [-0.25, -0.2) is 4.98 Å². The van der Waals surface area contributed by atoms with Crippen LogP contribution in [0.2, 0.25) is 0 Å². The second-order valence-electron chi connectivity index (χ2n) is 4.55. The third kappa shape index (κ3) is 1.77. The molecule has 0 saturated carbocycles. The molecule has 19 heavy (non-hydrogen) atoms. The Hall–Kier alpha value is -2.01. The van der Waals surface area contributed by atoms with Crippen molar-refractivity contribution in [2.75, 3.05) is 12.8 Å². The molecule has 0 unspecified atom stereocenters. The zero-order valence-corrected chi connectivity index (χ0v) is 11.9. The fourth-order valence-electron chi connectivity index (χ4n) is 2.19. The molecule has 0 saturated heterocycles. The summed E-state index contributed by atoms with van der Waals surface area (Å²) in [5.41, 5.74) is 10.4. The topological polar surface area (TPSA) is 52.5 Å². The van der Waals surface area contributed by atoms with Crippen molar-refractivity contribution in [3.05, 3.63) is 34.8 Å². The third-order valence-electron chi connectivity index (χ3n) is 3.38. The average Bonchev–Trinajstić information content (AvgIpc) is 2.96. The molecule has 0 radical (unpaired) electrons. The van der Waals surface area contributed by atoms with Crippen molar-refractivity contribution in [3.63, 3.8) is 0 Å². The van der Waals surface area contributed by atoms with Gasteiger partial charge in [0.2, 0.25) is 5.95 Å². The van der Waals surface area contributed by atoms with E-state index in [1.54, 1.807) is 24.6 Å². The standard InChI is InChI=1S/C14H15N3OS/c1-8-4-10(12(18-3)5-9(8)2)11-7-19-13-6-16-14(15)17(11)13/h4-7H,1-3H3,(H2,15,16). The van der Waals surface area contributed by atoms with Crippen LogP contribution in [0, 0.1) is 13.8 Å². The molecule has 0 fully saturated rings. The molecular weight excluding hydrogens is 258 g/mol. The largest absolute Gasteiger partial charge is 0.496 e. The van der Waals surface area contributed by atoms with Gasteiger partial charge in [0, 0.05) is 10.9 Å². The molecule has 0 bridgehead atoms. The van der Waals surface area contributed by atoms with Gasteiger partial charge >= 0.3 is 0 Å². The summed E-state index contributed by atoms with van der Waals surface area (Å²) < 4.78 is 7.46. The highest BCUT2D eigenvalue weighted by Gasteiger charge is 2.14. The first-order valence-corrected chi connectivity index (χ1v) is 6.86. The lowest BCUT2D eigenvalue weighted by Crippen LogP contribution is -1.97. The lowest BCUT2D eigenvalue weighted by atomic mass is 10.0. The molecule has 0 aliphatic rings. The number of nitrogens with two attached hydrogens (primary N) is 1. The van der Waals surface area contributed by atoms with Gasteiger partial charge in [0.25, 0.3) is 0 Å². The number of ether oxygens (including phenoxy) is 1. The van der Waals surface area contributed by atoms with Crippen LogP contribution in [-0.4, -0.2) is 16.5 Å². The number of thiazole rings is 1. The first kappa shape index (κ1) is 12.0. The van der Waals surface area contributed by atoms with Gasteiger partial charge in [0.05, 0.1) is 19.0 Å². The lowest BCUT2D eigenvalue weighted by Gasteiger charge is -2.11. The molecule has 2 aromatic heterocycles. The van der Waals surface area contributed by atoms with E-state index in [1.807, 2.05) is 4.40 Å². The van der Waals surface area contributed by atoms with Crippen molar-refractivity contribution < 1.29 is 4.74 Å². The van der Waals surface area contributed by atoms with E-state index in [1.165, 1.54) is 11.1 Å². The van der Waals surface area contributed by atoms with Crippen LogP contribution in [0.25, 0.3) is 16.1 Å². The van der Waals surface area contributed by atoms with Crippen LogP contribution < -0.4 is 10.5 Å². The minimum atomic E-state index is 0.506. The Bertz CT molecular complexity index is 757. The van der Waals surface area contributed by atoms with Crippen molar-refractivity contribution >= 4 is 22.1 Å². The van der Waals surface area contributed by atoms with E-state index in [0.717, 1.165) is 21.8 Å². The van der Waals surface area contributed by atoms with Gasteiger partial charge in [-0.15, -0.1) is 11.3 Å². The van der Waals surface area contributed by atoms with Crippen LogP contribution in [0.4, 0.5) is 5.95 Å². The number of hydrogen-bond acceptors (Lipinski definition) is 4. The van der Waals surface area contributed by atoms with Gasteiger partial charge in [-0.05, 0) is 37.1 Å². The highest BCUT2D eigenvalue weighted by atomic mass is 32.1. The molecule has 5 heteroatoms. The van der Waals surface area contributed by atoms with Crippen molar-refractivity contribution in [2.45, 2.75) is 13.8 Å². The highest BCUT2D eigenvalue weighted by Crippen LogP contribution is 2.36. The second kappa shape index (κ2) is 4.28. The van der Waals surface area contributed by atoms with Crippen LogP contribution in [0.3, 0.4) is 0 Å². The molecule has 0 atom stereocenters. The first-order valence-electron chi connectivity index (χ1n) is 5.98. The normalized spacial score (nSPS) is 11.1. The van der Waals surface area contributed by atoms with Gasteiger partial charge in [-0.1, -0.05) is 0 Å². The van der Waals surface area contributed by atoms with Crippen LogP contribution in [-0.2, 0) is 0 Å². The number of rotatable bonds is 2. The Kier molecular flexibility index (Phi) is 2.71. The molecule has 0 aliphatic heterocycles. The predicted octanol–water partition coefficient (Wildman–Crippen LogP) is 3.27. The molecule has 4 nitrogen and oxygen atoms in total. The van der Waals surface area contributed by atoms with Gasteiger partial charge < -0.3 is 10.5 Å². The van der Waals surface area contributed by atoms with Crippen LogP contribution in [0.15, 0.2) is 23.7 Å². The Balaban J connectivity index is 2.32. The van der Waals surface area contributed by atoms with E-state index >= 15 is 0 Å². The highest BCUT2D eigenvalue weighted by molar-refractivity contribution is 7.16.